The molecule has 0 unspecified atom stereocenters. The van der Waals surface area contributed by atoms with E-state index in [0.717, 1.165) is 12.4 Å². The maximum atomic E-state index is 11.4. The van der Waals surface area contributed by atoms with Crippen molar-refractivity contribution in [3.8, 4) is 0 Å². The summed E-state index contributed by atoms with van der Waals surface area (Å²) in [6, 6.07) is 1.82. The Hall–Kier alpha value is -1.87. The molecule has 8 nitrogen and oxygen atoms in total. The molecule has 0 aromatic carbocycles. The van der Waals surface area contributed by atoms with Gasteiger partial charge in [-0.15, -0.1) is 5.10 Å². The average Bonchev–Trinajstić information content (AvgIpc) is 2.77. The first kappa shape index (κ1) is 15.5. The average molecular weight is 310 g/mol. The first-order valence-electron chi connectivity index (χ1n) is 6.62. The van der Waals surface area contributed by atoms with Crippen LogP contribution in [0.1, 0.15) is 19.7 Å². The highest BCUT2D eigenvalue weighted by molar-refractivity contribution is 7.99. The van der Waals surface area contributed by atoms with Crippen LogP contribution in [0.25, 0.3) is 0 Å². The number of nitrogens with zero attached hydrogens (tertiary/aromatic N) is 4. The van der Waals surface area contributed by atoms with Crippen LogP contribution in [0.15, 0.2) is 21.0 Å². The third kappa shape index (κ3) is 4.05. The normalized spacial score (nSPS) is 10.8. The predicted octanol–water partition coefficient (Wildman–Crippen LogP) is 1.02. The van der Waals surface area contributed by atoms with Crippen LogP contribution < -0.4 is 11.0 Å². The highest BCUT2D eigenvalue weighted by Crippen LogP contribution is 2.24. The van der Waals surface area contributed by atoms with Crippen LogP contribution in [0.5, 0.6) is 0 Å². The summed E-state index contributed by atoms with van der Waals surface area (Å²) in [6.45, 7) is 5.63. The summed E-state index contributed by atoms with van der Waals surface area (Å²) in [5.41, 5.74) is -0.256. The van der Waals surface area contributed by atoms with Crippen molar-refractivity contribution in [1.82, 2.24) is 24.7 Å². The molecule has 2 aromatic rings. The zero-order valence-electron chi connectivity index (χ0n) is 12.2. The van der Waals surface area contributed by atoms with Crippen LogP contribution in [0.4, 0.5) is 5.82 Å². The van der Waals surface area contributed by atoms with Gasteiger partial charge in [0.15, 0.2) is 11.0 Å². The van der Waals surface area contributed by atoms with Gasteiger partial charge in [0.2, 0.25) is 0 Å². The van der Waals surface area contributed by atoms with Gasteiger partial charge in [-0.3, -0.25) is 4.57 Å². The Bertz CT molecular complexity index is 653. The molecule has 0 radical (unpaired) electrons. The summed E-state index contributed by atoms with van der Waals surface area (Å²) in [7, 11) is 1.65. The number of aromatic nitrogens is 5. The third-order valence-electron chi connectivity index (χ3n) is 2.58. The molecule has 114 valence electrons. The molecule has 2 N–H and O–H groups in total. The highest BCUT2D eigenvalue weighted by atomic mass is 32.2. The van der Waals surface area contributed by atoms with Gasteiger partial charge >= 0.3 is 5.69 Å². The number of ether oxygens (including phenoxy) is 1. The second-order valence-electron chi connectivity index (χ2n) is 4.15. The molecule has 0 atom stereocenters. The molecule has 0 aliphatic rings. The van der Waals surface area contributed by atoms with Gasteiger partial charge < -0.3 is 10.1 Å². The Morgan fingerprint density at radius 2 is 2.24 bits per heavy atom. The number of H-pyrrole nitrogens is 1. The molecule has 0 fully saturated rings. The third-order valence-corrected chi connectivity index (χ3v) is 3.54. The van der Waals surface area contributed by atoms with E-state index in [1.807, 2.05) is 19.9 Å². The number of nitrogens with one attached hydrogen (secondary N) is 2. The van der Waals surface area contributed by atoms with E-state index < -0.39 is 0 Å². The molecule has 2 heterocycles. The summed E-state index contributed by atoms with van der Waals surface area (Å²) >= 11 is 1.30. The van der Waals surface area contributed by atoms with E-state index in [9.17, 15) is 4.79 Å². The number of hydrogen-bond acceptors (Lipinski definition) is 7. The minimum absolute atomic E-state index is 0.256. The van der Waals surface area contributed by atoms with Crippen LogP contribution in [0.2, 0.25) is 0 Å². The quantitative estimate of drug-likeness (QED) is 0.737. The molecular formula is C12H18N6O2S. The predicted molar refractivity (Wildman–Crippen MR) is 79.5 cm³/mol. The maximum absolute atomic E-state index is 11.4. The van der Waals surface area contributed by atoms with E-state index in [2.05, 4.69) is 25.5 Å². The van der Waals surface area contributed by atoms with Crippen LogP contribution in [0, 0.1) is 0 Å². The van der Waals surface area contributed by atoms with Crippen molar-refractivity contribution >= 4 is 17.6 Å². The second-order valence-corrected chi connectivity index (χ2v) is 5.14. The van der Waals surface area contributed by atoms with E-state index in [4.69, 9.17) is 4.74 Å². The summed E-state index contributed by atoms with van der Waals surface area (Å²) in [6.07, 6.45) is 0. The Balaban J connectivity index is 2.26. The van der Waals surface area contributed by atoms with Gasteiger partial charge in [-0.05, 0) is 25.6 Å². The van der Waals surface area contributed by atoms with Gasteiger partial charge in [-0.2, -0.15) is 0 Å². The van der Waals surface area contributed by atoms with Gasteiger partial charge in [-0.1, -0.05) is 0 Å². The van der Waals surface area contributed by atoms with E-state index in [1.54, 1.807) is 7.05 Å². The molecule has 2 rings (SSSR count). The molecule has 0 bridgehead atoms. The Labute approximate surface area is 126 Å². The van der Waals surface area contributed by atoms with Crippen LogP contribution in [0.3, 0.4) is 0 Å². The Kier molecular flexibility index (Phi) is 5.34. The number of rotatable bonds is 7. The summed E-state index contributed by atoms with van der Waals surface area (Å²) in [5, 5.41) is 10.8. The minimum atomic E-state index is -0.256. The number of aromatic amines is 1. The smallest absolute Gasteiger partial charge is 0.343 e. The highest BCUT2D eigenvalue weighted by Gasteiger charge is 2.10. The number of anilines is 1. The molecule has 21 heavy (non-hydrogen) atoms. The van der Waals surface area contributed by atoms with Gasteiger partial charge in [-0.25, -0.2) is 19.9 Å². The topological polar surface area (TPSA) is 97.7 Å². The Morgan fingerprint density at radius 1 is 1.43 bits per heavy atom. The minimum Gasteiger partial charge on any atom is -0.374 e. The molecule has 0 aliphatic heterocycles. The fourth-order valence-corrected chi connectivity index (χ4v) is 2.39. The molecule has 0 saturated heterocycles. The van der Waals surface area contributed by atoms with Crippen LogP contribution in [-0.2, 0) is 18.4 Å². The molecule has 0 amide bonds. The summed E-state index contributed by atoms with van der Waals surface area (Å²) in [4.78, 5) is 20.2. The zero-order valence-corrected chi connectivity index (χ0v) is 13.0. The van der Waals surface area contributed by atoms with Gasteiger partial charge in [0.1, 0.15) is 17.5 Å². The van der Waals surface area contributed by atoms with E-state index in [1.165, 1.54) is 16.3 Å². The molecule has 0 aliphatic carbocycles. The molecule has 0 spiro atoms. The lowest BCUT2D eigenvalue weighted by molar-refractivity contribution is 0.128. The van der Waals surface area contributed by atoms with Crippen LogP contribution >= 0.6 is 11.8 Å². The lowest BCUT2D eigenvalue weighted by Crippen LogP contribution is -2.13. The molecule has 0 saturated carbocycles. The van der Waals surface area contributed by atoms with Crippen molar-refractivity contribution in [1.29, 1.82) is 0 Å². The van der Waals surface area contributed by atoms with E-state index in [-0.39, 0.29) is 5.69 Å². The first-order valence-corrected chi connectivity index (χ1v) is 7.44. The van der Waals surface area contributed by atoms with E-state index in [0.29, 0.717) is 29.2 Å². The second kappa shape index (κ2) is 7.23. The standard InChI is InChI=1S/C12H18N6O2S/c1-4-13-8-6-10(15-9(14-8)7-20-5-2)21-12-17-16-11(19)18(12)3/h6H,4-5,7H2,1-3H3,(H,16,19)(H,13,14,15). The van der Waals surface area contributed by atoms with Crippen molar-refractivity contribution in [2.45, 2.75) is 30.6 Å². The number of hydrogen-bond donors (Lipinski definition) is 2. The lowest BCUT2D eigenvalue weighted by Gasteiger charge is -2.08. The molecular weight excluding hydrogens is 292 g/mol. The largest absolute Gasteiger partial charge is 0.374 e. The van der Waals surface area contributed by atoms with Crippen molar-refractivity contribution in [3.05, 3.63) is 22.4 Å². The van der Waals surface area contributed by atoms with Gasteiger partial charge in [0, 0.05) is 26.3 Å². The van der Waals surface area contributed by atoms with Crippen molar-refractivity contribution in [2.75, 3.05) is 18.5 Å². The van der Waals surface area contributed by atoms with Crippen molar-refractivity contribution < 1.29 is 4.74 Å². The maximum Gasteiger partial charge on any atom is 0.343 e. The first-order chi connectivity index (χ1) is 10.1. The Morgan fingerprint density at radius 3 is 2.86 bits per heavy atom. The van der Waals surface area contributed by atoms with Crippen molar-refractivity contribution in [3.63, 3.8) is 0 Å². The SMILES string of the molecule is CCNc1cc(Sc2n[nH]c(=O)n2C)nc(COCC)n1. The zero-order chi connectivity index (χ0) is 15.2. The molecule has 9 heteroatoms. The summed E-state index contributed by atoms with van der Waals surface area (Å²) in [5.74, 6) is 1.32. The summed E-state index contributed by atoms with van der Waals surface area (Å²) < 4.78 is 6.78. The fraction of sp³-hybridized carbons (Fsp3) is 0.500. The van der Waals surface area contributed by atoms with E-state index >= 15 is 0 Å². The van der Waals surface area contributed by atoms with Crippen molar-refractivity contribution in [2.24, 2.45) is 7.05 Å². The lowest BCUT2D eigenvalue weighted by atomic mass is 10.5. The van der Waals surface area contributed by atoms with Gasteiger partial charge in [0.05, 0.1) is 0 Å². The van der Waals surface area contributed by atoms with Crippen LogP contribution in [-0.4, -0.2) is 37.9 Å². The fourth-order valence-electron chi connectivity index (χ4n) is 1.57. The van der Waals surface area contributed by atoms with Gasteiger partial charge in [0.25, 0.3) is 0 Å². The molecule has 2 aromatic heterocycles. The monoisotopic (exact) mass is 310 g/mol.